The first-order valence-corrected chi connectivity index (χ1v) is 6.89. The Bertz CT molecular complexity index is 785. The van der Waals surface area contributed by atoms with Crippen molar-refractivity contribution in [2.75, 3.05) is 0 Å². The van der Waals surface area contributed by atoms with E-state index in [-0.39, 0.29) is 5.56 Å². The highest BCUT2D eigenvalue weighted by Gasteiger charge is 2.10. The van der Waals surface area contributed by atoms with Crippen LogP contribution in [0.15, 0.2) is 27.8 Å². The number of rotatable bonds is 3. The van der Waals surface area contributed by atoms with E-state index in [9.17, 15) is 4.79 Å². The van der Waals surface area contributed by atoms with Crippen molar-refractivity contribution in [3.63, 3.8) is 0 Å². The number of hydrogen-bond acceptors (Lipinski definition) is 5. The van der Waals surface area contributed by atoms with Gasteiger partial charge in [0.2, 0.25) is 0 Å². The van der Waals surface area contributed by atoms with Gasteiger partial charge in [-0.1, -0.05) is 12.1 Å². The molecule has 3 heterocycles. The highest BCUT2D eigenvalue weighted by molar-refractivity contribution is 7.18. The lowest BCUT2D eigenvalue weighted by Gasteiger charge is -2.01. The molecule has 5 nitrogen and oxygen atoms in total. The third-order valence-electron chi connectivity index (χ3n) is 2.92. The van der Waals surface area contributed by atoms with E-state index in [1.165, 1.54) is 4.88 Å². The van der Waals surface area contributed by atoms with E-state index in [0.717, 1.165) is 16.9 Å². The van der Waals surface area contributed by atoms with Gasteiger partial charge in [-0.15, -0.1) is 11.3 Å². The van der Waals surface area contributed by atoms with Crippen LogP contribution in [-0.2, 0) is 13.0 Å². The van der Waals surface area contributed by atoms with Gasteiger partial charge in [0.25, 0.3) is 5.56 Å². The third kappa shape index (κ3) is 2.19. The summed E-state index contributed by atoms with van der Waals surface area (Å²) in [6.45, 7) is 4.28. The van der Waals surface area contributed by atoms with Crippen molar-refractivity contribution < 1.29 is 4.52 Å². The summed E-state index contributed by atoms with van der Waals surface area (Å²) in [6.07, 6.45) is 2.49. The summed E-state index contributed by atoms with van der Waals surface area (Å²) in [7, 11) is 0. The minimum atomic E-state index is -0.0324. The quantitative estimate of drug-likeness (QED) is 0.736. The summed E-state index contributed by atoms with van der Waals surface area (Å²) >= 11 is 1.57. The molecule has 0 unspecified atom stereocenters. The molecular formula is C13H13N3O2S. The first kappa shape index (κ1) is 12.1. The number of fused-ring (bicyclic) bond motifs is 1. The first-order valence-electron chi connectivity index (χ1n) is 6.07. The fourth-order valence-electron chi connectivity index (χ4n) is 1.96. The molecule has 3 aromatic rings. The molecule has 0 aliphatic carbocycles. The van der Waals surface area contributed by atoms with Gasteiger partial charge >= 0.3 is 0 Å². The molecule has 0 bridgehead atoms. The van der Waals surface area contributed by atoms with Crippen LogP contribution in [0.1, 0.15) is 23.3 Å². The fraction of sp³-hybridized carbons (Fsp3) is 0.308. The maximum Gasteiger partial charge on any atom is 0.262 e. The van der Waals surface area contributed by atoms with Crippen molar-refractivity contribution in [2.24, 2.45) is 0 Å². The third-order valence-corrected chi connectivity index (χ3v) is 4.11. The van der Waals surface area contributed by atoms with Gasteiger partial charge in [0.1, 0.15) is 4.83 Å². The van der Waals surface area contributed by atoms with Crippen LogP contribution in [0.3, 0.4) is 0 Å². The van der Waals surface area contributed by atoms with Crippen molar-refractivity contribution in [3.05, 3.63) is 45.1 Å². The molecule has 0 atom stereocenters. The highest BCUT2D eigenvalue weighted by Crippen LogP contribution is 2.21. The molecule has 0 saturated heterocycles. The lowest BCUT2D eigenvalue weighted by molar-refractivity contribution is 0.371. The second-order valence-corrected chi connectivity index (χ2v) is 5.51. The fourth-order valence-corrected chi connectivity index (χ4v) is 2.88. The van der Waals surface area contributed by atoms with Gasteiger partial charge in [-0.3, -0.25) is 9.36 Å². The molecule has 3 rings (SSSR count). The average molecular weight is 275 g/mol. The Morgan fingerprint density at radius 1 is 1.42 bits per heavy atom. The van der Waals surface area contributed by atoms with Gasteiger partial charge in [-0.2, -0.15) is 0 Å². The lowest BCUT2D eigenvalue weighted by Crippen LogP contribution is -2.20. The van der Waals surface area contributed by atoms with Crippen molar-refractivity contribution in [3.8, 4) is 0 Å². The number of thiophene rings is 1. The largest absolute Gasteiger partial charge is 0.359 e. The van der Waals surface area contributed by atoms with E-state index < -0.39 is 0 Å². The molecule has 0 saturated carbocycles. The Morgan fingerprint density at radius 3 is 2.95 bits per heavy atom. The van der Waals surface area contributed by atoms with E-state index in [1.807, 2.05) is 19.1 Å². The smallest absolute Gasteiger partial charge is 0.262 e. The predicted molar refractivity (Wildman–Crippen MR) is 73.6 cm³/mol. The van der Waals surface area contributed by atoms with E-state index >= 15 is 0 Å². The summed E-state index contributed by atoms with van der Waals surface area (Å²) in [5.74, 6) is 0.659. The van der Waals surface area contributed by atoms with Gasteiger partial charge < -0.3 is 4.52 Å². The van der Waals surface area contributed by atoms with Crippen molar-refractivity contribution >= 4 is 21.6 Å². The Labute approximate surface area is 113 Å². The van der Waals surface area contributed by atoms with Gasteiger partial charge in [-0.05, 0) is 19.4 Å². The van der Waals surface area contributed by atoms with Crippen LogP contribution in [0.25, 0.3) is 10.2 Å². The normalized spacial score (nSPS) is 11.3. The monoisotopic (exact) mass is 275 g/mol. The second kappa shape index (κ2) is 4.62. The number of aryl methyl sites for hydroxylation is 2. The Morgan fingerprint density at radius 2 is 2.26 bits per heavy atom. The van der Waals surface area contributed by atoms with Crippen LogP contribution in [0.2, 0.25) is 0 Å². The van der Waals surface area contributed by atoms with Crippen LogP contribution in [-0.4, -0.2) is 14.7 Å². The van der Waals surface area contributed by atoms with Crippen LogP contribution >= 0.6 is 11.3 Å². The zero-order valence-electron chi connectivity index (χ0n) is 10.7. The van der Waals surface area contributed by atoms with Crippen molar-refractivity contribution in [2.45, 2.75) is 26.8 Å². The molecule has 0 fully saturated rings. The molecule has 6 heteroatoms. The maximum atomic E-state index is 12.3. The molecule has 0 aliphatic heterocycles. The number of aromatic nitrogens is 3. The van der Waals surface area contributed by atoms with Crippen LogP contribution in [0.5, 0.6) is 0 Å². The SMILES string of the molecule is CCc1cc2c(=O)n(Cc3cc(C)no3)cnc2s1. The van der Waals surface area contributed by atoms with Crippen LogP contribution in [0, 0.1) is 6.92 Å². The van der Waals surface area contributed by atoms with Crippen LogP contribution in [0.4, 0.5) is 0 Å². The minimum absolute atomic E-state index is 0.0324. The van der Waals surface area contributed by atoms with Gasteiger partial charge in [0.15, 0.2) is 5.76 Å². The first-order chi connectivity index (χ1) is 9.17. The molecule has 0 N–H and O–H groups in total. The van der Waals surface area contributed by atoms with E-state index in [2.05, 4.69) is 17.1 Å². The van der Waals surface area contributed by atoms with Gasteiger partial charge in [-0.25, -0.2) is 4.98 Å². The van der Waals surface area contributed by atoms with Gasteiger partial charge in [0, 0.05) is 10.9 Å². The highest BCUT2D eigenvalue weighted by atomic mass is 32.1. The van der Waals surface area contributed by atoms with E-state index in [0.29, 0.717) is 17.7 Å². The maximum absolute atomic E-state index is 12.3. The lowest BCUT2D eigenvalue weighted by atomic mass is 10.3. The summed E-state index contributed by atoms with van der Waals surface area (Å²) in [4.78, 5) is 18.6. The summed E-state index contributed by atoms with van der Waals surface area (Å²) in [5.41, 5.74) is 0.774. The zero-order chi connectivity index (χ0) is 13.4. The van der Waals surface area contributed by atoms with Crippen molar-refractivity contribution in [1.82, 2.24) is 14.7 Å². The molecule has 0 aliphatic rings. The summed E-state index contributed by atoms with van der Waals surface area (Å²) in [6, 6.07) is 3.75. The topological polar surface area (TPSA) is 60.9 Å². The average Bonchev–Trinajstić information content (AvgIpc) is 2.99. The zero-order valence-corrected chi connectivity index (χ0v) is 11.5. The second-order valence-electron chi connectivity index (χ2n) is 4.40. The number of hydrogen-bond donors (Lipinski definition) is 0. The van der Waals surface area contributed by atoms with Crippen LogP contribution < -0.4 is 5.56 Å². The summed E-state index contributed by atoms with van der Waals surface area (Å²) in [5, 5.41) is 4.49. The molecule has 3 aromatic heterocycles. The molecule has 19 heavy (non-hydrogen) atoms. The van der Waals surface area contributed by atoms with Crippen molar-refractivity contribution in [1.29, 1.82) is 0 Å². The Balaban J connectivity index is 2.04. The Kier molecular flexibility index (Phi) is 2.94. The standard InChI is InChI=1S/C13H13N3O2S/c1-3-10-5-11-12(19-10)14-7-16(13(11)17)6-9-4-8(2)15-18-9/h4-5,7H,3,6H2,1-2H3. The minimum Gasteiger partial charge on any atom is -0.359 e. The van der Waals surface area contributed by atoms with E-state index in [4.69, 9.17) is 4.52 Å². The van der Waals surface area contributed by atoms with Gasteiger partial charge in [0.05, 0.1) is 24.0 Å². The predicted octanol–water partition coefficient (Wildman–Crippen LogP) is 2.37. The molecule has 0 spiro atoms. The Hall–Kier alpha value is -1.95. The summed E-state index contributed by atoms with van der Waals surface area (Å²) < 4.78 is 6.68. The molecule has 0 amide bonds. The number of nitrogens with zero attached hydrogens (tertiary/aromatic N) is 3. The molecule has 98 valence electrons. The molecular weight excluding hydrogens is 262 g/mol. The molecule has 0 radical (unpaired) electrons. The van der Waals surface area contributed by atoms with E-state index in [1.54, 1.807) is 22.2 Å². The molecule has 0 aromatic carbocycles.